The molecule has 0 saturated heterocycles. The number of amides is 1. The van der Waals surface area contributed by atoms with E-state index >= 15 is 0 Å². The van der Waals surface area contributed by atoms with Gasteiger partial charge in [-0.05, 0) is 32.9 Å². The highest BCUT2D eigenvalue weighted by Crippen LogP contribution is 2.23. The van der Waals surface area contributed by atoms with E-state index in [9.17, 15) is 4.79 Å². The summed E-state index contributed by atoms with van der Waals surface area (Å²) in [7, 11) is 1.89. The van der Waals surface area contributed by atoms with Gasteiger partial charge < -0.3 is 5.32 Å². The molecule has 0 fully saturated rings. The number of aryl methyl sites for hydroxylation is 3. The van der Waals surface area contributed by atoms with Crippen LogP contribution in [0.1, 0.15) is 22.0 Å². The minimum absolute atomic E-state index is 0.0357. The van der Waals surface area contributed by atoms with Crippen LogP contribution in [0.5, 0.6) is 0 Å². The molecule has 24 heavy (non-hydrogen) atoms. The van der Waals surface area contributed by atoms with Crippen LogP contribution in [0.15, 0.2) is 29.6 Å². The Labute approximate surface area is 145 Å². The van der Waals surface area contributed by atoms with Crippen LogP contribution in [0.4, 0.5) is 5.69 Å². The number of hydrogen-bond donors (Lipinski definition) is 1. The number of benzene rings is 1. The molecule has 2 heterocycles. The number of rotatable bonds is 4. The smallest absolute Gasteiger partial charge is 0.228 e. The highest BCUT2D eigenvalue weighted by Gasteiger charge is 2.13. The molecule has 0 aliphatic rings. The monoisotopic (exact) mass is 340 g/mol. The predicted octanol–water partition coefficient (Wildman–Crippen LogP) is 3.65. The molecule has 0 unspecified atom stereocenters. The number of nitrogens with one attached hydrogen (secondary N) is 1. The van der Waals surface area contributed by atoms with Gasteiger partial charge in [0.1, 0.15) is 0 Å². The molecular formula is C18H20N4OS. The minimum Gasteiger partial charge on any atom is -0.326 e. The van der Waals surface area contributed by atoms with Crippen LogP contribution in [-0.4, -0.2) is 20.7 Å². The largest absolute Gasteiger partial charge is 0.326 e. The first-order chi connectivity index (χ1) is 11.4. The summed E-state index contributed by atoms with van der Waals surface area (Å²) >= 11 is 1.63. The second-order valence-electron chi connectivity index (χ2n) is 5.83. The van der Waals surface area contributed by atoms with Gasteiger partial charge in [-0.3, -0.25) is 9.48 Å². The van der Waals surface area contributed by atoms with Crippen molar-refractivity contribution in [3.05, 3.63) is 51.6 Å². The lowest BCUT2D eigenvalue weighted by molar-refractivity contribution is -0.115. The molecule has 0 saturated carbocycles. The molecule has 1 amide bonds. The first kappa shape index (κ1) is 16.4. The topological polar surface area (TPSA) is 59.8 Å². The molecule has 5 nitrogen and oxygen atoms in total. The summed E-state index contributed by atoms with van der Waals surface area (Å²) in [6.07, 6.45) is 0.332. The standard InChI is InChI=1S/C18H20N4OS/c1-11-16(12(2)22(4)21-11)9-18(23)20-15-7-5-14(6-8-15)17-10-24-13(3)19-17/h5-8,10H,9H2,1-4H3,(H,20,23). The van der Waals surface area contributed by atoms with Gasteiger partial charge in [0.15, 0.2) is 0 Å². The lowest BCUT2D eigenvalue weighted by atomic mass is 10.1. The van der Waals surface area contributed by atoms with E-state index in [-0.39, 0.29) is 5.91 Å². The molecular weight excluding hydrogens is 320 g/mol. The van der Waals surface area contributed by atoms with Gasteiger partial charge in [-0.2, -0.15) is 5.10 Å². The van der Waals surface area contributed by atoms with E-state index in [1.807, 2.05) is 62.1 Å². The number of anilines is 1. The van der Waals surface area contributed by atoms with Gasteiger partial charge in [0.2, 0.25) is 5.91 Å². The van der Waals surface area contributed by atoms with Crippen molar-refractivity contribution >= 4 is 22.9 Å². The van der Waals surface area contributed by atoms with E-state index < -0.39 is 0 Å². The molecule has 0 bridgehead atoms. The molecule has 3 aromatic rings. The number of aromatic nitrogens is 3. The SMILES string of the molecule is Cc1nc(-c2ccc(NC(=O)Cc3c(C)nn(C)c3C)cc2)cs1. The van der Waals surface area contributed by atoms with Crippen molar-refractivity contribution in [2.75, 3.05) is 5.32 Å². The van der Waals surface area contributed by atoms with Crippen molar-refractivity contribution in [1.29, 1.82) is 0 Å². The third-order valence-electron chi connectivity index (χ3n) is 4.08. The van der Waals surface area contributed by atoms with E-state index in [4.69, 9.17) is 0 Å². The maximum atomic E-state index is 12.3. The maximum absolute atomic E-state index is 12.3. The summed E-state index contributed by atoms with van der Waals surface area (Å²) in [5.41, 5.74) is 5.73. The lowest BCUT2D eigenvalue weighted by Crippen LogP contribution is -2.15. The first-order valence-corrected chi connectivity index (χ1v) is 8.63. The number of carbonyl (C=O) groups excluding carboxylic acids is 1. The average molecular weight is 340 g/mol. The van der Waals surface area contributed by atoms with Gasteiger partial charge in [0.25, 0.3) is 0 Å². The van der Waals surface area contributed by atoms with Crippen molar-refractivity contribution in [1.82, 2.24) is 14.8 Å². The number of nitrogens with zero attached hydrogens (tertiary/aromatic N) is 3. The van der Waals surface area contributed by atoms with E-state index in [0.29, 0.717) is 6.42 Å². The Balaban J connectivity index is 1.68. The van der Waals surface area contributed by atoms with Crippen LogP contribution in [0.2, 0.25) is 0 Å². The van der Waals surface area contributed by atoms with Crippen LogP contribution in [-0.2, 0) is 18.3 Å². The van der Waals surface area contributed by atoms with Crippen LogP contribution in [0.3, 0.4) is 0 Å². The van der Waals surface area contributed by atoms with Gasteiger partial charge in [-0.15, -0.1) is 11.3 Å². The van der Waals surface area contributed by atoms with E-state index in [1.165, 1.54) is 0 Å². The number of hydrogen-bond acceptors (Lipinski definition) is 4. The summed E-state index contributed by atoms with van der Waals surface area (Å²) < 4.78 is 1.81. The summed E-state index contributed by atoms with van der Waals surface area (Å²) in [5.74, 6) is -0.0357. The molecule has 0 aliphatic carbocycles. The van der Waals surface area contributed by atoms with Crippen LogP contribution in [0, 0.1) is 20.8 Å². The van der Waals surface area contributed by atoms with Gasteiger partial charge in [0.05, 0.1) is 22.8 Å². The Morgan fingerprint density at radius 2 is 1.92 bits per heavy atom. The molecule has 0 spiro atoms. The zero-order valence-electron chi connectivity index (χ0n) is 14.3. The van der Waals surface area contributed by atoms with Gasteiger partial charge in [0, 0.05) is 34.9 Å². The molecule has 1 aromatic carbocycles. The molecule has 6 heteroatoms. The molecule has 1 N–H and O–H groups in total. The maximum Gasteiger partial charge on any atom is 0.228 e. The third kappa shape index (κ3) is 3.38. The third-order valence-corrected chi connectivity index (χ3v) is 4.85. The summed E-state index contributed by atoms with van der Waals surface area (Å²) in [5, 5.41) is 10.4. The number of carbonyl (C=O) groups is 1. The van der Waals surface area contributed by atoms with E-state index in [0.717, 1.165) is 38.9 Å². The highest BCUT2D eigenvalue weighted by molar-refractivity contribution is 7.09. The quantitative estimate of drug-likeness (QED) is 0.788. The fourth-order valence-corrected chi connectivity index (χ4v) is 3.28. The van der Waals surface area contributed by atoms with E-state index in [1.54, 1.807) is 11.3 Å². The molecule has 124 valence electrons. The Hall–Kier alpha value is -2.47. The zero-order chi connectivity index (χ0) is 17.3. The van der Waals surface area contributed by atoms with Crippen molar-refractivity contribution in [2.45, 2.75) is 27.2 Å². The van der Waals surface area contributed by atoms with Crippen molar-refractivity contribution in [2.24, 2.45) is 7.05 Å². The molecule has 0 radical (unpaired) electrons. The first-order valence-electron chi connectivity index (χ1n) is 7.75. The summed E-state index contributed by atoms with van der Waals surface area (Å²) in [6, 6.07) is 7.77. The van der Waals surface area contributed by atoms with Crippen LogP contribution >= 0.6 is 11.3 Å². The molecule has 2 aromatic heterocycles. The Morgan fingerprint density at radius 3 is 2.46 bits per heavy atom. The second-order valence-corrected chi connectivity index (χ2v) is 6.89. The Kier molecular flexibility index (Phi) is 4.49. The fraction of sp³-hybridized carbons (Fsp3) is 0.278. The predicted molar refractivity (Wildman–Crippen MR) is 97.3 cm³/mol. The number of thiazole rings is 1. The summed E-state index contributed by atoms with van der Waals surface area (Å²) in [4.78, 5) is 16.8. The van der Waals surface area contributed by atoms with Crippen LogP contribution in [0.25, 0.3) is 11.3 Å². The van der Waals surface area contributed by atoms with E-state index in [2.05, 4.69) is 15.4 Å². The molecule has 0 aliphatic heterocycles. The normalized spacial score (nSPS) is 10.8. The summed E-state index contributed by atoms with van der Waals surface area (Å²) in [6.45, 7) is 5.90. The van der Waals surface area contributed by atoms with Crippen molar-refractivity contribution in [3.8, 4) is 11.3 Å². The van der Waals surface area contributed by atoms with Gasteiger partial charge in [-0.25, -0.2) is 4.98 Å². The second kappa shape index (κ2) is 6.57. The van der Waals surface area contributed by atoms with Crippen molar-refractivity contribution < 1.29 is 4.79 Å². The lowest BCUT2D eigenvalue weighted by Gasteiger charge is -2.06. The molecule has 3 rings (SSSR count). The van der Waals surface area contributed by atoms with Crippen molar-refractivity contribution in [3.63, 3.8) is 0 Å². The molecule has 0 atom stereocenters. The average Bonchev–Trinajstić information content (AvgIpc) is 3.07. The highest BCUT2D eigenvalue weighted by atomic mass is 32.1. The Morgan fingerprint density at radius 1 is 1.21 bits per heavy atom. The Bertz CT molecular complexity index is 877. The van der Waals surface area contributed by atoms with Gasteiger partial charge in [-0.1, -0.05) is 12.1 Å². The fourth-order valence-electron chi connectivity index (χ4n) is 2.66. The van der Waals surface area contributed by atoms with Crippen LogP contribution < -0.4 is 5.32 Å². The zero-order valence-corrected chi connectivity index (χ0v) is 15.1. The minimum atomic E-state index is -0.0357. The van der Waals surface area contributed by atoms with Gasteiger partial charge >= 0.3 is 0 Å².